The number of ether oxygens (including phenoxy) is 3. The third-order valence-corrected chi connectivity index (χ3v) is 4.54. The summed E-state index contributed by atoms with van der Waals surface area (Å²) in [6, 6.07) is 0.0351. The van der Waals surface area contributed by atoms with Gasteiger partial charge in [-0.3, -0.25) is 0 Å². The second kappa shape index (κ2) is 8.00. The molecule has 0 saturated heterocycles. The average molecular weight is 343 g/mol. The van der Waals surface area contributed by atoms with Crippen molar-refractivity contribution in [3.05, 3.63) is 10.6 Å². The number of amides is 1. The quantitative estimate of drug-likeness (QED) is 0.645. The maximum Gasteiger partial charge on any atom is 0.510 e. The molecule has 1 amide bonds. The molecule has 0 fully saturated rings. The van der Waals surface area contributed by atoms with Gasteiger partial charge in [0.05, 0.1) is 12.8 Å². The van der Waals surface area contributed by atoms with Gasteiger partial charge in [0.2, 0.25) is 6.79 Å². The van der Waals surface area contributed by atoms with Crippen molar-refractivity contribution in [3.63, 3.8) is 0 Å². The number of nitrogen functional groups attached to an aromatic ring is 1. The highest BCUT2D eigenvalue weighted by Gasteiger charge is 2.30. The second-order valence-electron chi connectivity index (χ2n) is 5.14. The van der Waals surface area contributed by atoms with Crippen LogP contribution in [-0.4, -0.2) is 48.6 Å². The summed E-state index contributed by atoms with van der Waals surface area (Å²) in [6.45, 7) is 2.10. The minimum atomic E-state index is -0.887. The Morgan fingerprint density at radius 1 is 1.43 bits per heavy atom. The van der Waals surface area contributed by atoms with Gasteiger partial charge in [-0.1, -0.05) is 6.92 Å². The van der Waals surface area contributed by atoms with Crippen LogP contribution in [0, 0.1) is 0 Å². The van der Waals surface area contributed by atoms with Crippen molar-refractivity contribution in [1.29, 1.82) is 0 Å². The van der Waals surface area contributed by atoms with Gasteiger partial charge < -0.3 is 24.8 Å². The number of carbonyl (C=O) groups excluding carboxylic acids is 2. The summed E-state index contributed by atoms with van der Waals surface area (Å²) in [6.07, 6.45) is 1.74. The van der Waals surface area contributed by atoms with E-state index in [9.17, 15) is 9.59 Å². The second-order valence-corrected chi connectivity index (χ2v) is 6.25. The van der Waals surface area contributed by atoms with E-state index >= 15 is 0 Å². The summed E-state index contributed by atoms with van der Waals surface area (Å²) in [5.74, 6) is 0. The van der Waals surface area contributed by atoms with E-state index in [0.717, 1.165) is 36.3 Å². The molecule has 0 aromatic carbocycles. The zero-order valence-electron chi connectivity index (χ0n) is 13.2. The molecule has 2 N–H and O–H groups in total. The van der Waals surface area contributed by atoms with Gasteiger partial charge in [0.15, 0.2) is 5.13 Å². The highest BCUT2D eigenvalue weighted by Crippen LogP contribution is 2.30. The van der Waals surface area contributed by atoms with Gasteiger partial charge in [0.25, 0.3) is 0 Å². The summed E-state index contributed by atoms with van der Waals surface area (Å²) in [7, 11) is 1.19. The van der Waals surface area contributed by atoms with Crippen LogP contribution in [0.1, 0.15) is 30.3 Å². The standard InChI is InChI=1S/C14H21N3O5S/c1-3-6-17(13(18)21-8-22-14(19)20-2)9-4-5-10-11(7-9)23-12(15)16-10/h9H,3-8H2,1-2H3,(H2,15,16). The number of nitrogens with two attached hydrogens (primary N) is 1. The van der Waals surface area contributed by atoms with E-state index in [1.165, 1.54) is 18.4 Å². The van der Waals surface area contributed by atoms with Crippen LogP contribution in [0.5, 0.6) is 0 Å². The maximum absolute atomic E-state index is 12.3. The van der Waals surface area contributed by atoms with Crippen LogP contribution in [-0.2, 0) is 27.1 Å². The van der Waals surface area contributed by atoms with Crippen LogP contribution in [0.25, 0.3) is 0 Å². The monoisotopic (exact) mass is 343 g/mol. The Kier molecular flexibility index (Phi) is 6.03. The van der Waals surface area contributed by atoms with E-state index in [2.05, 4.69) is 14.5 Å². The molecule has 23 heavy (non-hydrogen) atoms. The summed E-state index contributed by atoms with van der Waals surface area (Å²) in [5.41, 5.74) is 6.78. The number of thiazole rings is 1. The lowest BCUT2D eigenvalue weighted by Crippen LogP contribution is -2.44. The SMILES string of the molecule is CCCN(C(=O)OCOC(=O)OC)C1CCc2nc(N)sc2C1. The molecule has 0 saturated carbocycles. The van der Waals surface area contributed by atoms with Crippen LogP contribution in [0.4, 0.5) is 14.7 Å². The fourth-order valence-corrected chi connectivity index (χ4v) is 3.53. The molecule has 9 heteroatoms. The minimum Gasteiger partial charge on any atom is -0.438 e. The van der Waals surface area contributed by atoms with Gasteiger partial charge in [-0.2, -0.15) is 0 Å². The fraction of sp³-hybridized carbons (Fsp3) is 0.643. The molecule has 1 aromatic heterocycles. The predicted octanol–water partition coefficient (Wildman–Crippen LogP) is 2.17. The molecule has 0 bridgehead atoms. The number of aryl methyl sites for hydroxylation is 1. The summed E-state index contributed by atoms with van der Waals surface area (Å²) in [4.78, 5) is 30.2. The van der Waals surface area contributed by atoms with Crippen molar-refractivity contribution in [3.8, 4) is 0 Å². The van der Waals surface area contributed by atoms with E-state index in [1.54, 1.807) is 4.90 Å². The molecule has 1 heterocycles. The Hall–Kier alpha value is -2.03. The lowest BCUT2D eigenvalue weighted by Gasteiger charge is -2.32. The van der Waals surface area contributed by atoms with Crippen molar-refractivity contribution in [2.24, 2.45) is 0 Å². The number of hydrogen-bond acceptors (Lipinski definition) is 8. The van der Waals surface area contributed by atoms with Gasteiger partial charge in [0.1, 0.15) is 0 Å². The van der Waals surface area contributed by atoms with Crippen molar-refractivity contribution < 1.29 is 23.8 Å². The number of rotatable bonds is 5. The van der Waals surface area contributed by atoms with Crippen LogP contribution in [0.2, 0.25) is 0 Å². The molecular formula is C14H21N3O5S. The fourth-order valence-electron chi connectivity index (χ4n) is 2.58. The predicted molar refractivity (Wildman–Crippen MR) is 84.2 cm³/mol. The van der Waals surface area contributed by atoms with Crippen LogP contribution in [0.3, 0.4) is 0 Å². The van der Waals surface area contributed by atoms with E-state index in [1.807, 2.05) is 6.92 Å². The molecule has 1 atom stereocenters. The minimum absolute atomic E-state index is 0.0351. The highest BCUT2D eigenvalue weighted by atomic mass is 32.1. The lowest BCUT2D eigenvalue weighted by molar-refractivity contribution is -0.0219. The molecule has 1 aromatic rings. The molecule has 0 aliphatic heterocycles. The molecule has 0 radical (unpaired) electrons. The van der Waals surface area contributed by atoms with E-state index in [4.69, 9.17) is 10.5 Å². The largest absolute Gasteiger partial charge is 0.510 e. The first kappa shape index (κ1) is 17.3. The number of methoxy groups -OCH3 is 1. The third-order valence-electron chi connectivity index (χ3n) is 3.60. The lowest BCUT2D eigenvalue weighted by atomic mass is 9.96. The molecule has 1 unspecified atom stereocenters. The van der Waals surface area contributed by atoms with Crippen molar-refractivity contribution in [2.75, 3.05) is 26.2 Å². The Morgan fingerprint density at radius 2 is 2.22 bits per heavy atom. The topological polar surface area (TPSA) is 104 Å². The Labute approximate surface area is 138 Å². The maximum atomic E-state index is 12.3. The number of hydrogen-bond donors (Lipinski definition) is 1. The zero-order chi connectivity index (χ0) is 16.8. The van der Waals surface area contributed by atoms with Crippen LogP contribution in [0.15, 0.2) is 0 Å². The van der Waals surface area contributed by atoms with Gasteiger partial charge in [-0.15, -0.1) is 11.3 Å². The number of aromatic nitrogens is 1. The third kappa shape index (κ3) is 4.47. The highest BCUT2D eigenvalue weighted by molar-refractivity contribution is 7.15. The van der Waals surface area contributed by atoms with E-state index in [-0.39, 0.29) is 6.04 Å². The molecule has 2 rings (SSSR count). The number of fused-ring (bicyclic) bond motifs is 1. The molecule has 1 aliphatic rings. The summed E-state index contributed by atoms with van der Waals surface area (Å²) in [5, 5.41) is 0.562. The number of nitrogens with zero attached hydrogens (tertiary/aromatic N) is 2. The van der Waals surface area contributed by atoms with E-state index < -0.39 is 19.0 Å². The molecule has 8 nitrogen and oxygen atoms in total. The first-order valence-electron chi connectivity index (χ1n) is 7.43. The Morgan fingerprint density at radius 3 is 2.91 bits per heavy atom. The first-order chi connectivity index (χ1) is 11.0. The van der Waals surface area contributed by atoms with Gasteiger partial charge >= 0.3 is 12.2 Å². The van der Waals surface area contributed by atoms with Gasteiger partial charge in [-0.25, -0.2) is 14.6 Å². The van der Waals surface area contributed by atoms with Crippen molar-refractivity contribution >= 4 is 28.7 Å². The van der Waals surface area contributed by atoms with Crippen LogP contribution < -0.4 is 5.73 Å². The molecule has 0 spiro atoms. The first-order valence-corrected chi connectivity index (χ1v) is 8.25. The van der Waals surface area contributed by atoms with Gasteiger partial charge in [-0.05, 0) is 19.3 Å². The summed E-state index contributed by atoms with van der Waals surface area (Å²) < 4.78 is 13.9. The Balaban J connectivity index is 1.95. The van der Waals surface area contributed by atoms with E-state index in [0.29, 0.717) is 11.7 Å². The normalized spacial score (nSPS) is 16.3. The van der Waals surface area contributed by atoms with Crippen LogP contribution >= 0.6 is 11.3 Å². The zero-order valence-corrected chi connectivity index (χ0v) is 14.1. The molecule has 128 valence electrons. The van der Waals surface area contributed by atoms with Crippen molar-refractivity contribution in [1.82, 2.24) is 9.88 Å². The summed E-state index contributed by atoms with van der Waals surface area (Å²) >= 11 is 1.47. The van der Waals surface area contributed by atoms with Gasteiger partial charge in [0, 0.05) is 23.9 Å². The molecular weight excluding hydrogens is 322 g/mol. The smallest absolute Gasteiger partial charge is 0.438 e. The average Bonchev–Trinajstić information content (AvgIpc) is 2.91. The number of anilines is 1. The molecule has 1 aliphatic carbocycles. The Bertz CT molecular complexity index is 563. The van der Waals surface area contributed by atoms with Crippen molar-refractivity contribution in [2.45, 2.75) is 38.6 Å². The number of carbonyl (C=O) groups is 2.